The van der Waals surface area contributed by atoms with Gasteiger partial charge in [0.2, 0.25) is 0 Å². The lowest BCUT2D eigenvalue weighted by Crippen LogP contribution is -2.29. The van der Waals surface area contributed by atoms with E-state index in [-0.39, 0.29) is 17.6 Å². The number of benzene rings is 2. The monoisotopic (exact) mass is 428 g/mol. The van der Waals surface area contributed by atoms with Gasteiger partial charge >= 0.3 is 0 Å². The molecule has 1 saturated heterocycles. The largest absolute Gasteiger partial charge is 0.337 e. The summed E-state index contributed by atoms with van der Waals surface area (Å²) in [4.78, 5) is 19.8. The maximum Gasteiger partial charge on any atom is 0.275 e. The Morgan fingerprint density at radius 3 is 2.84 bits per heavy atom. The standard InChI is InChI=1S/C26H25FN4O/c1-16-6-7-23-22(10-16)25(30-29-23)26(32)31-9-8-20(15-31)24-14-19(11-17(2)28-24)12-18-4-3-5-21(27)13-18/h3-7,10-11,13-14,20H,8-9,12,15H2,1-2H3,(H,29,30). The normalized spacial score (nSPS) is 16.1. The quantitative estimate of drug-likeness (QED) is 0.501. The number of hydrogen-bond acceptors (Lipinski definition) is 3. The number of likely N-dealkylation sites (tertiary alicyclic amines) is 1. The number of fused-ring (bicyclic) bond motifs is 1. The number of nitrogens with zero attached hydrogens (tertiary/aromatic N) is 3. The summed E-state index contributed by atoms with van der Waals surface area (Å²) in [6.45, 7) is 5.29. The zero-order valence-electron chi connectivity index (χ0n) is 18.2. The molecule has 3 heterocycles. The Balaban J connectivity index is 1.35. The Morgan fingerprint density at radius 2 is 2.00 bits per heavy atom. The predicted molar refractivity (Wildman–Crippen MR) is 122 cm³/mol. The van der Waals surface area contributed by atoms with Crippen LogP contribution in [-0.2, 0) is 6.42 Å². The van der Waals surface area contributed by atoms with Crippen LogP contribution in [0.2, 0.25) is 0 Å². The Labute approximate surface area is 186 Å². The highest BCUT2D eigenvalue weighted by Crippen LogP contribution is 2.29. The molecule has 6 heteroatoms. The minimum absolute atomic E-state index is 0.0445. The van der Waals surface area contributed by atoms with Crippen molar-refractivity contribution in [3.8, 4) is 0 Å². The van der Waals surface area contributed by atoms with Gasteiger partial charge in [-0.1, -0.05) is 23.8 Å². The third kappa shape index (κ3) is 4.00. The van der Waals surface area contributed by atoms with Crippen molar-refractivity contribution in [1.29, 1.82) is 0 Å². The minimum Gasteiger partial charge on any atom is -0.337 e. The SMILES string of the molecule is Cc1ccc2[nH]nc(C(=O)N3CCC(c4cc(Cc5cccc(F)c5)cc(C)n4)C3)c2c1. The number of hydrogen-bond donors (Lipinski definition) is 1. The van der Waals surface area contributed by atoms with Crippen LogP contribution >= 0.6 is 0 Å². The molecule has 5 rings (SSSR count). The first-order valence-electron chi connectivity index (χ1n) is 10.9. The van der Waals surface area contributed by atoms with Gasteiger partial charge in [0.25, 0.3) is 5.91 Å². The molecule has 2 aromatic carbocycles. The molecule has 0 aliphatic carbocycles. The summed E-state index contributed by atoms with van der Waals surface area (Å²) in [5, 5.41) is 8.13. The van der Waals surface area contributed by atoms with E-state index in [1.165, 1.54) is 6.07 Å². The maximum absolute atomic E-state index is 13.6. The number of aromatic amines is 1. The number of aromatic nitrogens is 3. The van der Waals surface area contributed by atoms with Crippen molar-refractivity contribution in [2.75, 3.05) is 13.1 Å². The second-order valence-electron chi connectivity index (χ2n) is 8.71. The van der Waals surface area contributed by atoms with E-state index in [0.717, 1.165) is 45.4 Å². The van der Waals surface area contributed by atoms with E-state index in [2.05, 4.69) is 16.3 Å². The highest BCUT2D eigenvalue weighted by Gasteiger charge is 2.31. The van der Waals surface area contributed by atoms with Crippen LogP contribution in [-0.4, -0.2) is 39.1 Å². The smallest absolute Gasteiger partial charge is 0.275 e. The van der Waals surface area contributed by atoms with Gasteiger partial charge in [-0.25, -0.2) is 4.39 Å². The van der Waals surface area contributed by atoms with E-state index in [1.807, 2.05) is 49.1 Å². The van der Waals surface area contributed by atoms with Gasteiger partial charge in [0.05, 0.1) is 5.52 Å². The topological polar surface area (TPSA) is 61.9 Å². The Kier molecular flexibility index (Phi) is 5.21. The number of nitrogens with one attached hydrogen (secondary N) is 1. The van der Waals surface area contributed by atoms with E-state index in [9.17, 15) is 9.18 Å². The second kappa shape index (κ2) is 8.19. The van der Waals surface area contributed by atoms with Crippen molar-refractivity contribution < 1.29 is 9.18 Å². The molecular weight excluding hydrogens is 403 g/mol. The third-order valence-corrected chi connectivity index (χ3v) is 6.14. The van der Waals surface area contributed by atoms with Crippen LogP contribution in [0.25, 0.3) is 10.9 Å². The molecule has 1 amide bonds. The molecule has 162 valence electrons. The number of pyridine rings is 1. The van der Waals surface area contributed by atoms with Gasteiger partial charge in [-0.2, -0.15) is 5.10 Å². The van der Waals surface area contributed by atoms with Crippen molar-refractivity contribution in [2.24, 2.45) is 0 Å². The summed E-state index contributed by atoms with van der Waals surface area (Å²) in [5.41, 5.74) is 6.43. The summed E-state index contributed by atoms with van der Waals surface area (Å²) < 4.78 is 13.6. The molecule has 32 heavy (non-hydrogen) atoms. The molecule has 1 aliphatic heterocycles. The van der Waals surface area contributed by atoms with E-state index >= 15 is 0 Å². The first-order chi connectivity index (χ1) is 15.5. The van der Waals surface area contributed by atoms with Crippen molar-refractivity contribution in [3.05, 3.63) is 94.2 Å². The van der Waals surface area contributed by atoms with Gasteiger partial charge in [0.15, 0.2) is 5.69 Å². The highest BCUT2D eigenvalue weighted by atomic mass is 19.1. The number of carbonyl (C=O) groups is 1. The van der Waals surface area contributed by atoms with E-state index in [4.69, 9.17) is 4.98 Å². The minimum atomic E-state index is -0.223. The van der Waals surface area contributed by atoms with Crippen LogP contribution in [0.4, 0.5) is 4.39 Å². The first kappa shape index (κ1) is 20.4. The fourth-order valence-corrected chi connectivity index (χ4v) is 4.59. The molecule has 1 unspecified atom stereocenters. The van der Waals surface area contributed by atoms with Gasteiger partial charge in [0, 0.05) is 35.8 Å². The maximum atomic E-state index is 13.6. The van der Waals surface area contributed by atoms with Gasteiger partial charge < -0.3 is 4.90 Å². The summed E-state index contributed by atoms with van der Waals surface area (Å²) >= 11 is 0. The summed E-state index contributed by atoms with van der Waals surface area (Å²) in [7, 11) is 0. The van der Waals surface area contributed by atoms with Crippen LogP contribution in [0.15, 0.2) is 54.6 Å². The fourth-order valence-electron chi connectivity index (χ4n) is 4.59. The van der Waals surface area contributed by atoms with Crippen LogP contribution in [0.1, 0.15) is 50.9 Å². The lowest BCUT2D eigenvalue weighted by molar-refractivity contribution is 0.0786. The molecule has 2 aromatic heterocycles. The van der Waals surface area contributed by atoms with E-state index in [0.29, 0.717) is 25.2 Å². The lowest BCUT2D eigenvalue weighted by Gasteiger charge is -2.16. The molecule has 5 nitrogen and oxygen atoms in total. The first-order valence-corrected chi connectivity index (χ1v) is 10.9. The molecule has 1 aliphatic rings. The molecule has 1 atom stereocenters. The predicted octanol–water partition coefficient (Wildman–Crippen LogP) is 4.93. The average molecular weight is 429 g/mol. The van der Waals surface area contributed by atoms with Gasteiger partial charge in [-0.05, 0) is 74.2 Å². The zero-order chi connectivity index (χ0) is 22.2. The van der Waals surface area contributed by atoms with Crippen molar-refractivity contribution in [1.82, 2.24) is 20.1 Å². The third-order valence-electron chi connectivity index (χ3n) is 6.14. The number of halogens is 1. The van der Waals surface area contributed by atoms with Crippen molar-refractivity contribution in [2.45, 2.75) is 32.6 Å². The van der Waals surface area contributed by atoms with Gasteiger partial charge in [0.1, 0.15) is 5.82 Å². The van der Waals surface area contributed by atoms with Crippen LogP contribution in [0, 0.1) is 19.7 Å². The number of rotatable bonds is 4. The van der Waals surface area contributed by atoms with Gasteiger partial charge in [-0.3, -0.25) is 14.9 Å². The van der Waals surface area contributed by atoms with Crippen molar-refractivity contribution in [3.63, 3.8) is 0 Å². The van der Waals surface area contributed by atoms with Crippen LogP contribution in [0.3, 0.4) is 0 Å². The summed E-state index contributed by atoms with van der Waals surface area (Å²) in [6.07, 6.45) is 1.52. The molecule has 1 fully saturated rings. The number of amides is 1. The molecule has 0 saturated carbocycles. The Hall–Kier alpha value is -3.54. The highest BCUT2D eigenvalue weighted by molar-refractivity contribution is 6.04. The zero-order valence-corrected chi connectivity index (χ0v) is 18.2. The van der Waals surface area contributed by atoms with E-state index < -0.39 is 0 Å². The molecule has 1 N–H and O–H groups in total. The van der Waals surface area contributed by atoms with Crippen molar-refractivity contribution >= 4 is 16.8 Å². The average Bonchev–Trinajstić information content (AvgIpc) is 3.40. The molecule has 4 aromatic rings. The number of carbonyl (C=O) groups excluding carboxylic acids is 1. The molecule has 0 bridgehead atoms. The Bertz CT molecular complexity index is 1310. The van der Waals surface area contributed by atoms with Crippen LogP contribution in [0.5, 0.6) is 0 Å². The Morgan fingerprint density at radius 1 is 1.12 bits per heavy atom. The lowest BCUT2D eigenvalue weighted by atomic mass is 9.98. The number of aryl methyl sites for hydroxylation is 2. The van der Waals surface area contributed by atoms with Gasteiger partial charge in [-0.15, -0.1) is 0 Å². The number of H-pyrrole nitrogens is 1. The molecule has 0 radical (unpaired) electrons. The second-order valence-corrected chi connectivity index (χ2v) is 8.71. The van der Waals surface area contributed by atoms with E-state index in [1.54, 1.807) is 12.1 Å². The summed E-state index contributed by atoms with van der Waals surface area (Å²) in [5.74, 6) is -0.0893. The summed E-state index contributed by atoms with van der Waals surface area (Å²) in [6, 6.07) is 16.8. The molecular formula is C26H25FN4O. The van der Waals surface area contributed by atoms with Crippen LogP contribution < -0.4 is 0 Å². The fraction of sp³-hybridized carbons (Fsp3) is 0.269. The molecule has 0 spiro atoms.